The van der Waals surface area contributed by atoms with Gasteiger partial charge in [-0.1, -0.05) is 6.07 Å². The molecule has 1 aliphatic rings. The maximum atomic E-state index is 12.2. The molecule has 0 spiro atoms. The summed E-state index contributed by atoms with van der Waals surface area (Å²) < 4.78 is 5.64. The number of carboxylic acids is 1. The van der Waals surface area contributed by atoms with Crippen LogP contribution in [0.15, 0.2) is 12.1 Å². The first-order valence-electron chi connectivity index (χ1n) is 9.51. The predicted octanol–water partition coefficient (Wildman–Crippen LogP) is -1.32. The Balaban J connectivity index is 1.93. The maximum Gasteiger partial charge on any atom is 0.451 e. The average Bonchev–Trinajstić information content (AvgIpc) is 2.61. The van der Waals surface area contributed by atoms with Crippen molar-refractivity contribution in [3.8, 4) is 11.5 Å². The number of aromatic carboxylic acids is 1. The molecule has 0 radical (unpaired) electrons. The highest BCUT2D eigenvalue weighted by atomic mass is 16.5. The highest BCUT2D eigenvalue weighted by Gasteiger charge is 2.34. The van der Waals surface area contributed by atoms with Gasteiger partial charge >= 0.3 is 13.1 Å². The molecule has 12 heteroatoms. The summed E-state index contributed by atoms with van der Waals surface area (Å²) in [5, 5.41) is 37.6. The number of phenols is 1. The van der Waals surface area contributed by atoms with E-state index in [0.717, 1.165) is 0 Å². The van der Waals surface area contributed by atoms with Gasteiger partial charge in [-0.2, -0.15) is 0 Å². The minimum absolute atomic E-state index is 0.0384. The van der Waals surface area contributed by atoms with Gasteiger partial charge in [0.05, 0.1) is 13.1 Å². The van der Waals surface area contributed by atoms with Crippen molar-refractivity contribution in [3.05, 3.63) is 23.3 Å². The number of nitrogens with two attached hydrogens (primary N) is 2. The largest absolute Gasteiger partial charge is 0.507 e. The SMILES string of the molecule is NC(=O)CC[C@H](N)CC(=O)N1CC(Oc2ccc(CCB(O)O)c(O)c2C(=O)O)C1. The number of hydrogen-bond acceptors (Lipinski definition) is 8. The Morgan fingerprint density at radius 2 is 1.93 bits per heavy atom. The predicted molar refractivity (Wildman–Crippen MR) is 106 cm³/mol. The van der Waals surface area contributed by atoms with Gasteiger partial charge in [0.15, 0.2) is 0 Å². The summed E-state index contributed by atoms with van der Waals surface area (Å²) in [7, 11) is -1.57. The molecule has 0 saturated carbocycles. The fraction of sp³-hybridized carbons (Fsp3) is 0.500. The van der Waals surface area contributed by atoms with Crippen molar-refractivity contribution in [2.75, 3.05) is 13.1 Å². The summed E-state index contributed by atoms with van der Waals surface area (Å²) in [5.41, 5.74) is 10.7. The molecule has 1 aromatic carbocycles. The van der Waals surface area contributed by atoms with Crippen LogP contribution >= 0.6 is 0 Å². The van der Waals surface area contributed by atoms with Gasteiger partial charge in [-0.25, -0.2) is 4.79 Å². The number of nitrogens with zero attached hydrogens (tertiary/aromatic N) is 1. The summed E-state index contributed by atoms with van der Waals surface area (Å²) in [4.78, 5) is 36.0. The molecule has 1 saturated heterocycles. The monoisotopic (exact) mass is 423 g/mol. The molecule has 2 rings (SSSR count). The van der Waals surface area contributed by atoms with E-state index < -0.39 is 42.5 Å². The number of amides is 2. The van der Waals surface area contributed by atoms with Gasteiger partial charge in [0.2, 0.25) is 11.8 Å². The van der Waals surface area contributed by atoms with Gasteiger partial charge in [-0.15, -0.1) is 0 Å². The fourth-order valence-electron chi connectivity index (χ4n) is 3.09. The molecular weight excluding hydrogens is 397 g/mol. The molecule has 0 bridgehead atoms. The number of carboxylic acid groups (broad SMARTS) is 1. The zero-order chi connectivity index (χ0) is 22.4. The van der Waals surface area contributed by atoms with E-state index in [1.807, 2.05) is 0 Å². The van der Waals surface area contributed by atoms with E-state index in [4.69, 9.17) is 26.3 Å². The third kappa shape index (κ3) is 6.34. The summed E-state index contributed by atoms with van der Waals surface area (Å²) in [6.45, 7) is 0.472. The van der Waals surface area contributed by atoms with Crippen LogP contribution in [0.1, 0.15) is 35.2 Å². The van der Waals surface area contributed by atoms with E-state index in [0.29, 0.717) is 6.42 Å². The van der Waals surface area contributed by atoms with Crippen molar-refractivity contribution in [3.63, 3.8) is 0 Å². The molecule has 0 unspecified atom stereocenters. The molecule has 1 atom stereocenters. The van der Waals surface area contributed by atoms with E-state index in [1.165, 1.54) is 17.0 Å². The average molecular weight is 423 g/mol. The Morgan fingerprint density at radius 3 is 2.50 bits per heavy atom. The third-order valence-electron chi connectivity index (χ3n) is 4.80. The van der Waals surface area contributed by atoms with E-state index in [1.54, 1.807) is 0 Å². The third-order valence-corrected chi connectivity index (χ3v) is 4.80. The quantitative estimate of drug-likeness (QED) is 0.234. The molecule has 1 aromatic rings. The number of aryl methyl sites for hydroxylation is 1. The number of carbonyl (C=O) groups is 3. The molecular formula is C18H26BN3O8. The number of aromatic hydroxyl groups is 1. The van der Waals surface area contributed by atoms with Gasteiger partial charge < -0.3 is 41.4 Å². The van der Waals surface area contributed by atoms with Crippen LogP contribution in [-0.4, -0.2) is 75.3 Å². The lowest BCUT2D eigenvalue weighted by Crippen LogP contribution is -2.57. The number of primary amides is 1. The Kier molecular flexibility index (Phi) is 8.04. The number of rotatable bonds is 11. The Labute approximate surface area is 173 Å². The fourth-order valence-corrected chi connectivity index (χ4v) is 3.09. The van der Waals surface area contributed by atoms with Crippen molar-refractivity contribution in [2.45, 2.75) is 44.1 Å². The number of likely N-dealkylation sites (tertiary alicyclic amines) is 1. The molecule has 0 aliphatic carbocycles. The zero-order valence-electron chi connectivity index (χ0n) is 16.4. The summed E-state index contributed by atoms with van der Waals surface area (Å²) >= 11 is 0. The van der Waals surface area contributed by atoms with Crippen LogP contribution < -0.4 is 16.2 Å². The van der Waals surface area contributed by atoms with Crippen LogP contribution in [0.25, 0.3) is 0 Å². The standard InChI is InChI=1S/C18H26BN3O8/c20-11(2-4-14(21)23)7-15(24)22-8-12(9-22)30-13-3-1-10(5-6-19(28)29)17(25)16(13)18(26)27/h1,3,11-12,25,28-29H,2,4-9,20H2,(H2,21,23)(H,26,27)/t11-/m0/s1. The molecule has 8 N–H and O–H groups in total. The van der Waals surface area contributed by atoms with E-state index in [2.05, 4.69) is 0 Å². The minimum atomic E-state index is -1.57. The van der Waals surface area contributed by atoms with Gasteiger partial charge in [0, 0.05) is 18.9 Å². The van der Waals surface area contributed by atoms with E-state index >= 15 is 0 Å². The summed E-state index contributed by atoms with van der Waals surface area (Å²) in [6, 6.07) is 2.37. The van der Waals surface area contributed by atoms with Crippen LogP contribution in [0.2, 0.25) is 6.32 Å². The second-order valence-corrected chi connectivity index (χ2v) is 7.28. The molecule has 164 valence electrons. The zero-order valence-corrected chi connectivity index (χ0v) is 16.4. The Bertz CT molecular complexity index is 798. The van der Waals surface area contributed by atoms with Gasteiger partial charge in [0.25, 0.3) is 0 Å². The number of hydrogen-bond donors (Lipinski definition) is 6. The van der Waals surface area contributed by atoms with Crippen molar-refractivity contribution < 1.29 is 39.4 Å². The first-order valence-corrected chi connectivity index (χ1v) is 9.51. The van der Waals surface area contributed by atoms with Crippen LogP contribution in [0, 0.1) is 0 Å². The second-order valence-electron chi connectivity index (χ2n) is 7.28. The van der Waals surface area contributed by atoms with Crippen molar-refractivity contribution in [2.24, 2.45) is 11.5 Å². The van der Waals surface area contributed by atoms with Gasteiger partial charge in [-0.3, -0.25) is 9.59 Å². The molecule has 1 fully saturated rings. The normalized spacial score (nSPS) is 14.7. The smallest absolute Gasteiger partial charge is 0.451 e. The Morgan fingerprint density at radius 1 is 1.27 bits per heavy atom. The highest BCUT2D eigenvalue weighted by molar-refractivity contribution is 6.41. The molecule has 1 heterocycles. The molecule has 1 aliphatic heterocycles. The first-order chi connectivity index (χ1) is 14.1. The summed E-state index contributed by atoms with van der Waals surface area (Å²) in [6.07, 6.45) is 0.0512. The van der Waals surface area contributed by atoms with E-state index in [-0.39, 0.29) is 55.9 Å². The molecule has 0 aromatic heterocycles. The first kappa shape index (κ1) is 23.5. The van der Waals surface area contributed by atoms with Crippen LogP contribution in [0.4, 0.5) is 0 Å². The lowest BCUT2D eigenvalue weighted by molar-refractivity contribution is -0.140. The maximum absolute atomic E-state index is 12.2. The van der Waals surface area contributed by atoms with Crippen molar-refractivity contribution in [1.29, 1.82) is 0 Å². The lowest BCUT2D eigenvalue weighted by atomic mass is 9.82. The van der Waals surface area contributed by atoms with Crippen LogP contribution in [0.3, 0.4) is 0 Å². The minimum Gasteiger partial charge on any atom is -0.507 e. The van der Waals surface area contributed by atoms with Crippen molar-refractivity contribution in [1.82, 2.24) is 4.90 Å². The van der Waals surface area contributed by atoms with E-state index in [9.17, 15) is 24.6 Å². The van der Waals surface area contributed by atoms with Crippen molar-refractivity contribution >= 4 is 24.9 Å². The molecule has 11 nitrogen and oxygen atoms in total. The van der Waals surface area contributed by atoms with Gasteiger partial charge in [-0.05, 0) is 30.8 Å². The second kappa shape index (κ2) is 10.3. The Hall–Kier alpha value is -2.83. The van der Waals surface area contributed by atoms with Crippen LogP contribution in [0.5, 0.6) is 11.5 Å². The number of benzene rings is 1. The lowest BCUT2D eigenvalue weighted by Gasteiger charge is -2.39. The van der Waals surface area contributed by atoms with Crippen LogP contribution in [-0.2, 0) is 16.0 Å². The summed E-state index contributed by atoms with van der Waals surface area (Å²) in [5.74, 6) is -2.60. The number of ether oxygens (including phenoxy) is 1. The highest BCUT2D eigenvalue weighted by Crippen LogP contribution is 2.34. The molecule has 2 amide bonds. The molecule has 30 heavy (non-hydrogen) atoms. The number of carbonyl (C=O) groups excluding carboxylic acids is 2. The topological polar surface area (TPSA) is 197 Å². The van der Waals surface area contributed by atoms with Gasteiger partial charge in [0.1, 0.15) is 23.2 Å².